The van der Waals surface area contributed by atoms with Crippen LogP contribution in [0.2, 0.25) is 0 Å². The fraction of sp³-hybridized carbons (Fsp3) is 0.276. The molecule has 1 heterocycles. The summed E-state index contributed by atoms with van der Waals surface area (Å²) >= 11 is 5.32. The molecule has 0 unspecified atom stereocenters. The van der Waals surface area contributed by atoms with Crippen LogP contribution in [0.1, 0.15) is 46.0 Å². The highest BCUT2D eigenvalue weighted by molar-refractivity contribution is 7.80. The summed E-state index contributed by atoms with van der Waals surface area (Å²) in [5.74, 6) is 1.02. The zero-order chi connectivity index (χ0) is 25.3. The third-order valence-electron chi connectivity index (χ3n) is 6.29. The summed E-state index contributed by atoms with van der Waals surface area (Å²) in [7, 11) is 0. The van der Waals surface area contributed by atoms with Crippen LogP contribution < -0.4 is 15.4 Å². The maximum atomic E-state index is 12.7. The second-order valence-corrected chi connectivity index (χ2v) is 9.48. The summed E-state index contributed by atoms with van der Waals surface area (Å²) in [5.41, 5.74) is 2.99. The molecule has 0 aliphatic carbocycles. The Morgan fingerprint density at radius 3 is 2.39 bits per heavy atom. The summed E-state index contributed by atoms with van der Waals surface area (Å²) < 4.78 is 5.82. The van der Waals surface area contributed by atoms with E-state index in [1.54, 1.807) is 42.5 Å². The number of benzene rings is 3. The van der Waals surface area contributed by atoms with Crippen molar-refractivity contribution in [2.75, 3.05) is 25.0 Å². The standard InChI is InChI=1S/C29H31N3O3S/c1-21-14-17-32(18-15-21)28(34)23-10-12-25(13-11-23)30-29(36)31-27(33)24-8-5-9-26(20-24)35-19-16-22-6-3-2-4-7-22/h2-13,20-21H,14-19H2,1H3,(H2,30,31,33,36). The quantitative estimate of drug-likeness (QED) is 0.430. The van der Waals surface area contributed by atoms with Gasteiger partial charge in [0.2, 0.25) is 0 Å². The Morgan fingerprint density at radius 1 is 0.944 bits per heavy atom. The molecule has 186 valence electrons. The van der Waals surface area contributed by atoms with Gasteiger partial charge >= 0.3 is 0 Å². The Hall–Kier alpha value is -3.71. The molecule has 1 saturated heterocycles. The van der Waals surface area contributed by atoms with Gasteiger partial charge in [0.25, 0.3) is 11.8 Å². The molecule has 4 rings (SSSR count). The van der Waals surface area contributed by atoms with Crippen molar-refractivity contribution >= 4 is 34.8 Å². The maximum absolute atomic E-state index is 12.7. The van der Waals surface area contributed by atoms with Crippen LogP contribution >= 0.6 is 12.2 Å². The van der Waals surface area contributed by atoms with Crippen LogP contribution in [0.15, 0.2) is 78.9 Å². The van der Waals surface area contributed by atoms with Gasteiger partial charge in [-0.15, -0.1) is 0 Å². The summed E-state index contributed by atoms with van der Waals surface area (Å²) in [6.07, 6.45) is 2.87. The molecular weight excluding hydrogens is 470 g/mol. The highest BCUT2D eigenvalue weighted by atomic mass is 32.1. The minimum atomic E-state index is -0.327. The minimum absolute atomic E-state index is 0.0511. The molecule has 6 nitrogen and oxygen atoms in total. The summed E-state index contributed by atoms with van der Waals surface area (Å²) in [6, 6.07) is 24.3. The van der Waals surface area contributed by atoms with Gasteiger partial charge in [0.15, 0.2) is 5.11 Å². The first-order valence-corrected chi connectivity index (χ1v) is 12.7. The Bertz CT molecular complexity index is 1190. The Balaban J connectivity index is 1.26. The molecule has 0 spiro atoms. The Labute approximate surface area is 217 Å². The van der Waals surface area contributed by atoms with Crippen molar-refractivity contribution in [2.24, 2.45) is 5.92 Å². The lowest BCUT2D eigenvalue weighted by molar-refractivity contribution is 0.0697. The molecule has 1 aliphatic heterocycles. The van der Waals surface area contributed by atoms with E-state index < -0.39 is 0 Å². The van der Waals surface area contributed by atoms with E-state index in [4.69, 9.17) is 17.0 Å². The number of thiocarbonyl (C=S) groups is 1. The van der Waals surface area contributed by atoms with Crippen LogP contribution in [0.25, 0.3) is 0 Å². The molecule has 0 aromatic heterocycles. The fourth-order valence-corrected chi connectivity index (χ4v) is 4.30. The van der Waals surface area contributed by atoms with Crippen LogP contribution in [-0.2, 0) is 6.42 Å². The molecule has 2 amide bonds. The number of piperidine rings is 1. The molecule has 1 aliphatic rings. The Morgan fingerprint density at radius 2 is 1.67 bits per heavy atom. The highest BCUT2D eigenvalue weighted by Crippen LogP contribution is 2.19. The second-order valence-electron chi connectivity index (χ2n) is 9.07. The lowest BCUT2D eigenvalue weighted by Crippen LogP contribution is -2.37. The SMILES string of the molecule is CC1CCN(C(=O)c2ccc(NC(=S)NC(=O)c3cccc(OCCc4ccccc4)c3)cc2)CC1. The van der Waals surface area contributed by atoms with Gasteiger partial charge in [-0.25, -0.2) is 0 Å². The third-order valence-corrected chi connectivity index (χ3v) is 6.49. The number of nitrogens with one attached hydrogen (secondary N) is 2. The molecule has 0 atom stereocenters. The topological polar surface area (TPSA) is 70.7 Å². The number of amides is 2. The third kappa shape index (κ3) is 7.15. The average molecular weight is 502 g/mol. The molecule has 3 aromatic rings. The number of rotatable bonds is 7. The Kier molecular flexibility index (Phi) is 8.68. The largest absolute Gasteiger partial charge is 0.493 e. The van der Waals surface area contributed by atoms with Crippen molar-refractivity contribution in [3.05, 3.63) is 95.6 Å². The number of carbonyl (C=O) groups excluding carboxylic acids is 2. The van der Waals surface area contributed by atoms with Gasteiger partial charge in [-0.3, -0.25) is 14.9 Å². The second kappa shape index (κ2) is 12.3. The maximum Gasteiger partial charge on any atom is 0.257 e. The monoisotopic (exact) mass is 501 g/mol. The van der Waals surface area contributed by atoms with Crippen LogP contribution in [0.5, 0.6) is 5.75 Å². The normalized spacial score (nSPS) is 13.6. The number of ether oxygens (including phenoxy) is 1. The number of anilines is 1. The number of carbonyl (C=O) groups is 2. The predicted octanol–water partition coefficient (Wildman–Crippen LogP) is 5.31. The predicted molar refractivity (Wildman–Crippen MR) is 147 cm³/mol. The first-order chi connectivity index (χ1) is 17.5. The van der Waals surface area contributed by atoms with Gasteiger partial charge in [0.1, 0.15) is 5.75 Å². The highest BCUT2D eigenvalue weighted by Gasteiger charge is 2.21. The first kappa shape index (κ1) is 25.4. The first-order valence-electron chi connectivity index (χ1n) is 12.3. The molecule has 3 aromatic carbocycles. The smallest absolute Gasteiger partial charge is 0.257 e. The molecule has 36 heavy (non-hydrogen) atoms. The lowest BCUT2D eigenvalue weighted by Gasteiger charge is -2.30. The summed E-state index contributed by atoms with van der Waals surface area (Å²) in [6.45, 7) is 4.34. The molecule has 0 saturated carbocycles. The van der Waals surface area contributed by atoms with Crippen molar-refractivity contribution in [1.29, 1.82) is 0 Å². The fourth-order valence-electron chi connectivity index (χ4n) is 4.09. The molecular formula is C29H31N3O3S. The van der Waals surface area contributed by atoms with Gasteiger partial charge in [0.05, 0.1) is 6.61 Å². The zero-order valence-corrected chi connectivity index (χ0v) is 21.2. The van der Waals surface area contributed by atoms with Crippen LogP contribution in [-0.4, -0.2) is 41.5 Å². The van der Waals surface area contributed by atoms with E-state index in [0.29, 0.717) is 35.1 Å². The van der Waals surface area contributed by atoms with E-state index in [-0.39, 0.29) is 16.9 Å². The van der Waals surface area contributed by atoms with Crippen LogP contribution in [0.4, 0.5) is 5.69 Å². The number of hydrogen-bond acceptors (Lipinski definition) is 4. The number of hydrogen-bond donors (Lipinski definition) is 2. The van der Waals surface area contributed by atoms with Crippen LogP contribution in [0, 0.1) is 5.92 Å². The zero-order valence-electron chi connectivity index (χ0n) is 20.4. The molecule has 2 N–H and O–H groups in total. The molecule has 0 radical (unpaired) electrons. The van der Waals surface area contributed by atoms with Crippen molar-refractivity contribution in [1.82, 2.24) is 10.2 Å². The van der Waals surface area contributed by atoms with E-state index in [1.165, 1.54) is 5.56 Å². The van der Waals surface area contributed by atoms with Crippen molar-refractivity contribution in [2.45, 2.75) is 26.2 Å². The van der Waals surface area contributed by atoms with E-state index in [9.17, 15) is 9.59 Å². The number of likely N-dealkylation sites (tertiary alicyclic amines) is 1. The van der Waals surface area contributed by atoms with E-state index in [0.717, 1.165) is 32.4 Å². The van der Waals surface area contributed by atoms with E-state index in [1.807, 2.05) is 29.2 Å². The average Bonchev–Trinajstić information content (AvgIpc) is 2.90. The van der Waals surface area contributed by atoms with Gasteiger partial charge in [-0.05, 0) is 79.0 Å². The van der Waals surface area contributed by atoms with Gasteiger partial charge in [-0.2, -0.15) is 0 Å². The summed E-state index contributed by atoms with van der Waals surface area (Å²) in [5, 5.41) is 5.88. The molecule has 0 bridgehead atoms. The lowest BCUT2D eigenvalue weighted by atomic mass is 9.98. The minimum Gasteiger partial charge on any atom is -0.493 e. The molecule has 1 fully saturated rings. The van der Waals surface area contributed by atoms with E-state index in [2.05, 4.69) is 29.7 Å². The summed E-state index contributed by atoms with van der Waals surface area (Å²) in [4.78, 5) is 27.3. The molecule has 7 heteroatoms. The van der Waals surface area contributed by atoms with Crippen molar-refractivity contribution in [3.63, 3.8) is 0 Å². The van der Waals surface area contributed by atoms with Gasteiger partial charge in [-0.1, -0.05) is 43.3 Å². The van der Waals surface area contributed by atoms with Gasteiger partial charge in [0, 0.05) is 36.3 Å². The number of nitrogens with zero attached hydrogens (tertiary/aromatic N) is 1. The van der Waals surface area contributed by atoms with E-state index >= 15 is 0 Å². The van der Waals surface area contributed by atoms with Crippen LogP contribution in [0.3, 0.4) is 0 Å². The van der Waals surface area contributed by atoms with Crippen molar-refractivity contribution in [3.8, 4) is 5.75 Å². The van der Waals surface area contributed by atoms with Crippen molar-refractivity contribution < 1.29 is 14.3 Å². The van der Waals surface area contributed by atoms with Gasteiger partial charge < -0.3 is 15.0 Å².